The molecule has 9 nitrogen and oxygen atoms in total. The Balaban J connectivity index is 1.37. The standard InChI is InChI=1S/C21H17ClN6O3/c1-11-6-7-13(8-12(11)2)19-23-16(31-25-19)10-27-18-17(24-26-27)20(29)28(21(18)30)15-5-3-4-14(22)9-15/h3-9,17-18H,10H2,1-2H3/t17-,18+/m1/s1. The van der Waals surface area contributed by atoms with Crippen LogP contribution in [0.3, 0.4) is 0 Å². The van der Waals surface area contributed by atoms with E-state index >= 15 is 0 Å². The van der Waals surface area contributed by atoms with Crippen molar-refractivity contribution in [3.8, 4) is 11.4 Å². The van der Waals surface area contributed by atoms with Gasteiger partial charge >= 0.3 is 0 Å². The Morgan fingerprint density at radius 2 is 1.90 bits per heavy atom. The largest absolute Gasteiger partial charge is 0.337 e. The highest BCUT2D eigenvalue weighted by molar-refractivity contribution is 6.31. The van der Waals surface area contributed by atoms with Gasteiger partial charge in [-0.2, -0.15) is 10.1 Å². The van der Waals surface area contributed by atoms with Gasteiger partial charge in [0.05, 0.1) is 5.69 Å². The van der Waals surface area contributed by atoms with Gasteiger partial charge in [0.1, 0.15) is 6.54 Å². The summed E-state index contributed by atoms with van der Waals surface area (Å²) < 4.78 is 5.36. The van der Waals surface area contributed by atoms with E-state index in [0.717, 1.165) is 16.0 Å². The van der Waals surface area contributed by atoms with Crippen LogP contribution in [0.5, 0.6) is 0 Å². The van der Waals surface area contributed by atoms with Gasteiger partial charge in [0, 0.05) is 10.6 Å². The summed E-state index contributed by atoms with van der Waals surface area (Å²) in [6.45, 7) is 4.10. The number of hydrogen-bond acceptors (Lipinski definition) is 8. The molecule has 1 aromatic heterocycles. The first-order valence-corrected chi connectivity index (χ1v) is 10.0. The van der Waals surface area contributed by atoms with Crippen LogP contribution in [0.2, 0.25) is 5.02 Å². The van der Waals surface area contributed by atoms with Crippen LogP contribution in [0.15, 0.2) is 57.3 Å². The number of aryl methyl sites for hydroxylation is 2. The van der Waals surface area contributed by atoms with Gasteiger partial charge < -0.3 is 4.52 Å². The number of amides is 2. The van der Waals surface area contributed by atoms with Gasteiger partial charge in [-0.15, -0.1) is 0 Å². The molecule has 2 atom stereocenters. The lowest BCUT2D eigenvalue weighted by Gasteiger charge is -2.19. The predicted octanol–water partition coefficient (Wildman–Crippen LogP) is 3.50. The summed E-state index contributed by atoms with van der Waals surface area (Å²) in [4.78, 5) is 31.3. The molecular formula is C21H17ClN6O3. The molecule has 1 saturated heterocycles. The number of benzene rings is 2. The zero-order valence-corrected chi connectivity index (χ0v) is 17.4. The Kier molecular flexibility index (Phi) is 4.55. The fourth-order valence-corrected chi connectivity index (χ4v) is 3.86. The Hall–Kier alpha value is -3.59. The minimum atomic E-state index is -0.909. The molecule has 0 saturated carbocycles. The highest BCUT2D eigenvalue weighted by Gasteiger charge is 2.55. The molecule has 0 bridgehead atoms. The topological polar surface area (TPSA) is 104 Å². The third kappa shape index (κ3) is 3.27. The van der Waals surface area contributed by atoms with Crippen molar-refractivity contribution in [2.24, 2.45) is 10.3 Å². The first-order valence-electron chi connectivity index (χ1n) is 9.63. The second kappa shape index (κ2) is 7.28. The van der Waals surface area contributed by atoms with Crippen LogP contribution in [0.1, 0.15) is 17.0 Å². The molecule has 3 aromatic rings. The fraction of sp³-hybridized carbons (Fsp3) is 0.238. The molecule has 156 valence electrons. The van der Waals surface area contributed by atoms with Crippen LogP contribution in [-0.4, -0.2) is 39.0 Å². The molecule has 2 aromatic carbocycles. The minimum absolute atomic E-state index is 0.0604. The normalized spacial score (nSPS) is 20.1. The zero-order valence-electron chi connectivity index (χ0n) is 16.7. The maximum absolute atomic E-state index is 13.0. The molecule has 2 aliphatic heterocycles. The van der Waals surface area contributed by atoms with Crippen molar-refractivity contribution in [3.05, 3.63) is 64.5 Å². The Morgan fingerprint density at radius 3 is 2.68 bits per heavy atom. The van der Waals surface area contributed by atoms with Gasteiger partial charge in [0.25, 0.3) is 11.8 Å². The van der Waals surface area contributed by atoms with Crippen molar-refractivity contribution in [1.82, 2.24) is 15.1 Å². The van der Waals surface area contributed by atoms with Crippen molar-refractivity contribution in [2.75, 3.05) is 4.90 Å². The van der Waals surface area contributed by atoms with E-state index in [1.54, 1.807) is 24.3 Å². The van der Waals surface area contributed by atoms with E-state index in [2.05, 4.69) is 20.5 Å². The number of rotatable bonds is 4. The summed E-state index contributed by atoms with van der Waals surface area (Å²) >= 11 is 6.02. The summed E-state index contributed by atoms with van der Waals surface area (Å²) in [5.74, 6) is -0.143. The number of hydrogen-bond donors (Lipinski definition) is 0. The molecule has 10 heteroatoms. The molecule has 0 N–H and O–H groups in total. The average Bonchev–Trinajstić information content (AvgIpc) is 3.43. The van der Waals surface area contributed by atoms with E-state index in [1.807, 2.05) is 32.0 Å². The molecule has 5 rings (SSSR count). The monoisotopic (exact) mass is 436 g/mol. The summed E-state index contributed by atoms with van der Waals surface area (Å²) in [5.41, 5.74) is 3.53. The SMILES string of the molecule is Cc1ccc(-c2noc(CN3N=N[C@H]4C(=O)N(c5cccc(Cl)c5)C(=O)[C@H]43)n2)cc1C. The molecule has 2 aliphatic rings. The lowest BCUT2D eigenvalue weighted by Crippen LogP contribution is -2.39. The zero-order chi connectivity index (χ0) is 21.7. The van der Waals surface area contributed by atoms with Crippen LogP contribution >= 0.6 is 11.6 Å². The number of anilines is 1. The average molecular weight is 437 g/mol. The summed E-state index contributed by atoms with van der Waals surface area (Å²) in [7, 11) is 0. The highest BCUT2D eigenvalue weighted by Crippen LogP contribution is 2.33. The second-order valence-corrected chi connectivity index (χ2v) is 7.93. The van der Waals surface area contributed by atoms with Gasteiger partial charge in [-0.25, -0.2) is 4.90 Å². The smallest absolute Gasteiger partial charge is 0.263 e. The van der Waals surface area contributed by atoms with Gasteiger partial charge in [0.2, 0.25) is 11.7 Å². The molecule has 0 unspecified atom stereocenters. The number of carbonyl (C=O) groups is 2. The summed E-state index contributed by atoms with van der Waals surface area (Å²) in [6, 6.07) is 10.7. The second-order valence-electron chi connectivity index (χ2n) is 7.49. The van der Waals surface area contributed by atoms with Crippen molar-refractivity contribution in [3.63, 3.8) is 0 Å². The van der Waals surface area contributed by atoms with Crippen molar-refractivity contribution >= 4 is 29.1 Å². The first kappa shape index (κ1) is 19.4. The number of aromatic nitrogens is 2. The van der Waals surface area contributed by atoms with Crippen LogP contribution in [0, 0.1) is 13.8 Å². The first-order chi connectivity index (χ1) is 14.9. The van der Waals surface area contributed by atoms with Gasteiger partial charge in [0.15, 0.2) is 12.1 Å². The number of nitrogens with zero attached hydrogens (tertiary/aromatic N) is 6. The Morgan fingerprint density at radius 1 is 1.06 bits per heavy atom. The van der Waals surface area contributed by atoms with Gasteiger partial charge in [-0.3, -0.25) is 14.6 Å². The van der Waals surface area contributed by atoms with E-state index in [0.29, 0.717) is 16.5 Å². The van der Waals surface area contributed by atoms with Gasteiger partial charge in [-0.1, -0.05) is 40.2 Å². The van der Waals surface area contributed by atoms with Crippen molar-refractivity contribution in [1.29, 1.82) is 0 Å². The number of halogens is 1. The molecule has 0 spiro atoms. The highest BCUT2D eigenvalue weighted by atomic mass is 35.5. The lowest BCUT2D eigenvalue weighted by atomic mass is 10.1. The van der Waals surface area contributed by atoms with Crippen molar-refractivity contribution in [2.45, 2.75) is 32.5 Å². The van der Waals surface area contributed by atoms with E-state index < -0.39 is 23.9 Å². The summed E-state index contributed by atoms with van der Waals surface area (Å²) in [6.07, 6.45) is 0. The van der Waals surface area contributed by atoms with E-state index in [1.165, 1.54) is 10.6 Å². The molecule has 1 fully saturated rings. The van der Waals surface area contributed by atoms with E-state index in [-0.39, 0.29) is 12.4 Å². The number of carbonyl (C=O) groups excluding carboxylic acids is 2. The number of fused-ring (bicyclic) bond motifs is 1. The predicted molar refractivity (Wildman–Crippen MR) is 111 cm³/mol. The maximum Gasteiger partial charge on any atom is 0.263 e. The van der Waals surface area contributed by atoms with Gasteiger partial charge in [-0.05, 0) is 49.2 Å². The van der Waals surface area contributed by atoms with Crippen LogP contribution < -0.4 is 4.90 Å². The summed E-state index contributed by atoms with van der Waals surface area (Å²) in [5, 5.41) is 13.9. The molecule has 0 radical (unpaired) electrons. The van der Waals surface area contributed by atoms with E-state index in [4.69, 9.17) is 16.1 Å². The Labute approximate surface area is 182 Å². The third-order valence-electron chi connectivity index (χ3n) is 5.45. The van der Waals surface area contributed by atoms with E-state index in [9.17, 15) is 9.59 Å². The van der Waals surface area contributed by atoms with Crippen LogP contribution in [-0.2, 0) is 16.1 Å². The fourth-order valence-electron chi connectivity index (χ4n) is 3.68. The lowest BCUT2D eigenvalue weighted by molar-refractivity contribution is -0.123. The quantitative estimate of drug-likeness (QED) is 0.580. The molecule has 0 aliphatic carbocycles. The van der Waals surface area contributed by atoms with Crippen molar-refractivity contribution < 1.29 is 14.1 Å². The Bertz CT molecular complexity index is 1240. The maximum atomic E-state index is 13.0. The third-order valence-corrected chi connectivity index (χ3v) is 5.69. The molecule has 2 amide bonds. The molecular weight excluding hydrogens is 420 g/mol. The van der Waals surface area contributed by atoms with Crippen LogP contribution in [0.4, 0.5) is 5.69 Å². The molecule has 31 heavy (non-hydrogen) atoms. The minimum Gasteiger partial charge on any atom is -0.337 e. The van der Waals surface area contributed by atoms with Crippen LogP contribution in [0.25, 0.3) is 11.4 Å². The molecule has 3 heterocycles. The number of imide groups is 1.